The van der Waals surface area contributed by atoms with E-state index in [1.165, 1.54) is 17.7 Å². The molecule has 0 radical (unpaired) electrons. The second-order valence-electron chi connectivity index (χ2n) is 11.2. The Bertz CT molecular complexity index is 1080. The Balaban J connectivity index is 1.68. The first-order valence-electron chi connectivity index (χ1n) is 14.2. The molecule has 5 nitrogen and oxygen atoms in total. The van der Waals surface area contributed by atoms with Gasteiger partial charge < -0.3 is 10.2 Å². The van der Waals surface area contributed by atoms with Crippen molar-refractivity contribution in [2.75, 3.05) is 6.54 Å². The summed E-state index contributed by atoms with van der Waals surface area (Å²) in [5.74, 6) is 0.883. The summed E-state index contributed by atoms with van der Waals surface area (Å²) in [5.41, 5.74) is 2.58. The molecule has 2 aliphatic carbocycles. The Hall–Kier alpha value is -2.76. The summed E-state index contributed by atoms with van der Waals surface area (Å²) < 4.78 is 13.7. The molecular weight excluding hydrogens is 465 g/mol. The summed E-state index contributed by atoms with van der Waals surface area (Å²) >= 11 is 0. The summed E-state index contributed by atoms with van der Waals surface area (Å²) in [6.45, 7) is 9.43. The number of halogens is 1. The Morgan fingerprint density at radius 1 is 1.11 bits per heavy atom. The summed E-state index contributed by atoms with van der Waals surface area (Å²) in [7, 11) is 0. The van der Waals surface area contributed by atoms with Crippen molar-refractivity contribution in [1.29, 1.82) is 0 Å². The molecule has 200 valence electrons. The second-order valence-corrected chi connectivity index (χ2v) is 11.2. The predicted molar refractivity (Wildman–Crippen MR) is 147 cm³/mol. The highest BCUT2D eigenvalue weighted by atomic mass is 19.1. The van der Waals surface area contributed by atoms with E-state index in [9.17, 15) is 14.0 Å². The minimum atomic E-state index is -0.560. The smallest absolute Gasteiger partial charge is 0.275 e. The molecule has 1 fully saturated rings. The first-order valence-corrected chi connectivity index (χ1v) is 14.2. The molecule has 3 aliphatic rings. The Morgan fingerprint density at radius 2 is 1.81 bits per heavy atom. The molecule has 2 amide bonds. The molecule has 1 aliphatic heterocycles. The molecule has 1 saturated carbocycles. The normalized spacial score (nSPS) is 24.7. The number of nitrogens with one attached hydrogen (secondary N) is 1. The summed E-state index contributed by atoms with van der Waals surface area (Å²) in [5, 5.41) is 2.98. The number of carbonyl (C=O) groups excluding carboxylic acids is 2. The zero-order valence-electron chi connectivity index (χ0n) is 22.9. The maximum absolute atomic E-state index is 14.1. The fourth-order valence-electron chi connectivity index (χ4n) is 6.19. The third-order valence-corrected chi connectivity index (χ3v) is 8.39. The van der Waals surface area contributed by atoms with Crippen molar-refractivity contribution >= 4 is 17.5 Å². The molecule has 1 N–H and O–H groups in total. The van der Waals surface area contributed by atoms with E-state index in [0.717, 1.165) is 56.9 Å². The number of amides is 2. The SMILES string of the molecule is CCCNC(=O)C1=CC=C(C(CCC)N2C(=O)C(c3ccc(F)cc3)=NC23CCC(C(C)C)CC3)CC1. The topological polar surface area (TPSA) is 61.8 Å². The standard InChI is InChI=1S/C31H42FN3O2/c1-5-7-27(23-8-10-25(11-9-23)29(36)33-20-6-2)35-30(37)28(24-12-14-26(32)15-13-24)34-31(35)18-16-22(17-19-31)21(3)4/h8,10,12-15,21-22,27H,5-7,9,11,16-20H2,1-4H3,(H,33,36). The van der Waals surface area contributed by atoms with Gasteiger partial charge in [-0.15, -0.1) is 0 Å². The summed E-state index contributed by atoms with van der Waals surface area (Å²) in [6.07, 6.45) is 11.9. The molecule has 0 aromatic heterocycles. The van der Waals surface area contributed by atoms with E-state index in [-0.39, 0.29) is 23.7 Å². The van der Waals surface area contributed by atoms with E-state index in [0.29, 0.717) is 36.1 Å². The van der Waals surface area contributed by atoms with Gasteiger partial charge >= 0.3 is 0 Å². The minimum absolute atomic E-state index is 0.00634. The number of benzene rings is 1. The first-order chi connectivity index (χ1) is 17.8. The van der Waals surface area contributed by atoms with Crippen LogP contribution in [0.15, 0.2) is 52.6 Å². The third-order valence-electron chi connectivity index (χ3n) is 8.39. The van der Waals surface area contributed by atoms with Gasteiger partial charge in [-0.25, -0.2) is 4.39 Å². The molecule has 1 aromatic carbocycles. The predicted octanol–water partition coefficient (Wildman–Crippen LogP) is 6.34. The second kappa shape index (κ2) is 11.7. The lowest BCUT2D eigenvalue weighted by atomic mass is 9.75. The van der Waals surface area contributed by atoms with Crippen LogP contribution in [-0.4, -0.2) is 40.7 Å². The van der Waals surface area contributed by atoms with Crippen molar-refractivity contribution in [1.82, 2.24) is 10.2 Å². The highest BCUT2D eigenvalue weighted by molar-refractivity contribution is 6.46. The fourth-order valence-corrected chi connectivity index (χ4v) is 6.19. The lowest BCUT2D eigenvalue weighted by Gasteiger charge is -2.46. The largest absolute Gasteiger partial charge is 0.352 e. The molecule has 4 rings (SSSR count). The lowest BCUT2D eigenvalue weighted by molar-refractivity contribution is -0.132. The van der Waals surface area contributed by atoms with Gasteiger partial charge in [0, 0.05) is 17.7 Å². The number of allylic oxidation sites excluding steroid dienone is 2. The quantitative estimate of drug-likeness (QED) is 0.424. The van der Waals surface area contributed by atoms with Gasteiger partial charge in [0.1, 0.15) is 17.2 Å². The minimum Gasteiger partial charge on any atom is -0.352 e. The van der Waals surface area contributed by atoms with Crippen LogP contribution in [0.25, 0.3) is 0 Å². The Morgan fingerprint density at radius 3 is 2.38 bits per heavy atom. The van der Waals surface area contributed by atoms with Crippen LogP contribution in [0.4, 0.5) is 4.39 Å². The molecule has 0 saturated heterocycles. The highest BCUT2D eigenvalue weighted by Gasteiger charge is 2.52. The average Bonchev–Trinajstić information content (AvgIpc) is 3.17. The maximum Gasteiger partial charge on any atom is 0.275 e. The number of hydrogen-bond acceptors (Lipinski definition) is 3. The van der Waals surface area contributed by atoms with Crippen molar-refractivity contribution in [2.24, 2.45) is 16.8 Å². The molecular formula is C31H42FN3O2. The van der Waals surface area contributed by atoms with Crippen LogP contribution in [0.3, 0.4) is 0 Å². The zero-order valence-corrected chi connectivity index (χ0v) is 22.9. The van der Waals surface area contributed by atoms with Crippen molar-refractivity contribution in [3.63, 3.8) is 0 Å². The van der Waals surface area contributed by atoms with Crippen LogP contribution in [0.1, 0.15) is 91.0 Å². The Kier molecular flexibility index (Phi) is 8.66. The van der Waals surface area contributed by atoms with Gasteiger partial charge in [-0.3, -0.25) is 14.6 Å². The van der Waals surface area contributed by atoms with Gasteiger partial charge in [0.2, 0.25) is 5.91 Å². The number of carbonyl (C=O) groups is 2. The molecule has 37 heavy (non-hydrogen) atoms. The molecule has 1 atom stereocenters. The summed E-state index contributed by atoms with van der Waals surface area (Å²) in [4.78, 5) is 33.9. The monoisotopic (exact) mass is 507 g/mol. The van der Waals surface area contributed by atoms with Crippen LogP contribution in [-0.2, 0) is 9.59 Å². The maximum atomic E-state index is 14.1. The Labute approximate surface area is 221 Å². The van der Waals surface area contributed by atoms with Crippen molar-refractivity contribution < 1.29 is 14.0 Å². The van der Waals surface area contributed by atoms with E-state index in [4.69, 9.17) is 4.99 Å². The molecule has 6 heteroatoms. The van der Waals surface area contributed by atoms with Crippen LogP contribution in [0.2, 0.25) is 0 Å². The van der Waals surface area contributed by atoms with E-state index >= 15 is 0 Å². The molecule has 1 unspecified atom stereocenters. The number of aliphatic imine (C=N–C) groups is 1. The van der Waals surface area contributed by atoms with E-state index in [1.807, 2.05) is 13.0 Å². The molecule has 0 bridgehead atoms. The van der Waals surface area contributed by atoms with Crippen LogP contribution in [0.5, 0.6) is 0 Å². The number of hydrogen-bond donors (Lipinski definition) is 1. The highest BCUT2D eigenvalue weighted by Crippen LogP contribution is 2.46. The molecule has 1 aromatic rings. The van der Waals surface area contributed by atoms with Gasteiger partial charge in [0.05, 0.1) is 6.04 Å². The van der Waals surface area contributed by atoms with Gasteiger partial charge in [-0.05, 0) is 93.0 Å². The van der Waals surface area contributed by atoms with E-state index in [1.54, 1.807) is 12.1 Å². The number of rotatable bonds is 9. The van der Waals surface area contributed by atoms with Gasteiger partial charge in [-0.1, -0.05) is 46.3 Å². The summed E-state index contributed by atoms with van der Waals surface area (Å²) in [6, 6.07) is 6.08. The van der Waals surface area contributed by atoms with Crippen molar-refractivity contribution in [3.05, 3.63) is 58.9 Å². The van der Waals surface area contributed by atoms with Crippen LogP contribution >= 0.6 is 0 Å². The zero-order chi connectivity index (χ0) is 26.6. The van der Waals surface area contributed by atoms with Gasteiger partial charge in [-0.2, -0.15) is 0 Å². The van der Waals surface area contributed by atoms with E-state index < -0.39 is 5.66 Å². The van der Waals surface area contributed by atoms with Gasteiger partial charge in [0.15, 0.2) is 0 Å². The van der Waals surface area contributed by atoms with Crippen molar-refractivity contribution in [2.45, 2.75) is 97.2 Å². The number of nitrogens with zero attached hydrogens (tertiary/aromatic N) is 2. The molecule has 1 spiro atoms. The average molecular weight is 508 g/mol. The van der Waals surface area contributed by atoms with E-state index in [2.05, 4.69) is 37.1 Å². The third kappa shape index (κ3) is 5.73. The van der Waals surface area contributed by atoms with Crippen LogP contribution < -0.4 is 5.32 Å². The molecule has 1 heterocycles. The van der Waals surface area contributed by atoms with Gasteiger partial charge in [0.25, 0.3) is 5.91 Å². The van der Waals surface area contributed by atoms with Crippen molar-refractivity contribution in [3.8, 4) is 0 Å². The first kappa shape index (κ1) is 27.3. The fraction of sp³-hybridized carbons (Fsp3) is 0.581. The van der Waals surface area contributed by atoms with Crippen LogP contribution in [0, 0.1) is 17.7 Å². The lowest BCUT2D eigenvalue weighted by Crippen LogP contribution is -2.55.